The van der Waals surface area contributed by atoms with Gasteiger partial charge in [-0.2, -0.15) is 0 Å². The minimum Gasteiger partial charge on any atom is -0.496 e. The molecule has 5 nitrogen and oxygen atoms in total. The first-order valence-corrected chi connectivity index (χ1v) is 8.87. The molecule has 1 aliphatic carbocycles. The van der Waals surface area contributed by atoms with Crippen molar-refractivity contribution in [1.82, 2.24) is 0 Å². The molecule has 134 valence electrons. The van der Waals surface area contributed by atoms with Gasteiger partial charge in [0.05, 0.1) is 18.1 Å². The number of allylic oxidation sites excluding steroid dienone is 2. The number of ether oxygens (including phenoxy) is 1. The van der Waals surface area contributed by atoms with E-state index < -0.39 is 0 Å². The van der Waals surface area contributed by atoms with E-state index >= 15 is 0 Å². The summed E-state index contributed by atoms with van der Waals surface area (Å²) in [5, 5.41) is 15.2. The fourth-order valence-corrected chi connectivity index (χ4v) is 4.46. The molecule has 26 heavy (non-hydrogen) atoms. The standard InChI is InChI=1S/C21H22N2O3/c1-12-11-17(23(24)25)21-19(13(12)2)14-8-6-9-15(14)20(22-21)16-7-4-5-10-18(16)26-3/h4-8,10-11,14-15,20,22H,9H2,1-3H3/t14-,15+,20+/m0/s1. The van der Waals surface area contributed by atoms with E-state index in [0.29, 0.717) is 11.6 Å². The first kappa shape index (κ1) is 16.6. The highest BCUT2D eigenvalue weighted by atomic mass is 16.6. The lowest BCUT2D eigenvalue weighted by molar-refractivity contribution is -0.384. The molecular formula is C21H22N2O3. The Bertz CT molecular complexity index is 920. The average molecular weight is 350 g/mol. The zero-order chi connectivity index (χ0) is 18.4. The van der Waals surface area contributed by atoms with Gasteiger partial charge in [-0.25, -0.2) is 0 Å². The Balaban J connectivity index is 1.93. The summed E-state index contributed by atoms with van der Waals surface area (Å²) in [5.74, 6) is 1.31. The molecule has 0 fully saturated rings. The van der Waals surface area contributed by atoms with E-state index in [4.69, 9.17) is 4.74 Å². The number of anilines is 1. The van der Waals surface area contributed by atoms with Gasteiger partial charge >= 0.3 is 0 Å². The Hall–Kier alpha value is -2.82. The van der Waals surface area contributed by atoms with Gasteiger partial charge in [0.25, 0.3) is 5.69 Å². The summed E-state index contributed by atoms with van der Waals surface area (Å²) >= 11 is 0. The fourth-order valence-electron chi connectivity index (χ4n) is 4.46. The third-order valence-corrected chi connectivity index (χ3v) is 5.82. The molecule has 5 heteroatoms. The average Bonchev–Trinajstić information content (AvgIpc) is 3.13. The van der Waals surface area contributed by atoms with Gasteiger partial charge in [-0.3, -0.25) is 10.1 Å². The molecule has 1 heterocycles. The van der Waals surface area contributed by atoms with Crippen LogP contribution >= 0.6 is 0 Å². The molecule has 3 atom stereocenters. The number of nitrogens with zero attached hydrogens (tertiary/aromatic N) is 1. The minimum atomic E-state index is -0.281. The fraction of sp³-hybridized carbons (Fsp3) is 0.333. The zero-order valence-corrected chi connectivity index (χ0v) is 15.2. The molecule has 1 aliphatic heterocycles. The van der Waals surface area contributed by atoms with E-state index in [1.165, 1.54) is 0 Å². The van der Waals surface area contributed by atoms with Crippen molar-refractivity contribution in [3.63, 3.8) is 0 Å². The number of aryl methyl sites for hydroxylation is 1. The number of nitrogens with one attached hydrogen (secondary N) is 1. The van der Waals surface area contributed by atoms with E-state index in [1.54, 1.807) is 13.2 Å². The molecule has 0 aromatic heterocycles. The number of nitro benzene ring substituents is 1. The zero-order valence-electron chi connectivity index (χ0n) is 15.2. The summed E-state index contributed by atoms with van der Waals surface area (Å²) in [4.78, 5) is 11.4. The lowest BCUT2D eigenvalue weighted by atomic mass is 9.74. The summed E-state index contributed by atoms with van der Waals surface area (Å²) in [7, 11) is 1.66. The Morgan fingerprint density at radius 1 is 1.27 bits per heavy atom. The Labute approximate surface area is 152 Å². The second kappa shape index (κ2) is 6.16. The lowest BCUT2D eigenvalue weighted by Crippen LogP contribution is -2.30. The third kappa shape index (κ3) is 2.38. The number of para-hydroxylation sites is 1. The predicted octanol–water partition coefficient (Wildman–Crippen LogP) is 5.05. The number of fused-ring (bicyclic) bond motifs is 3. The molecule has 4 rings (SSSR count). The van der Waals surface area contributed by atoms with Crippen molar-refractivity contribution in [3.05, 3.63) is 74.9 Å². The van der Waals surface area contributed by atoms with Crippen LogP contribution in [0.25, 0.3) is 0 Å². The number of hydrogen-bond acceptors (Lipinski definition) is 4. The predicted molar refractivity (Wildman–Crippen MR) is 102 cm³/mol. The topological polar surface area (TPSA) is 64.4 Å². The molecule has 0 spiro atoms. The van der Waals surface area contributed by atoms with Crippen LogP contribution in [0.5, 0.6) is 5.75 Å². The number of hydrogen-bond donors (Lipinski definition) is 1. The molecule has 0 saturated heterocycles. The van der Waals surface area contributed by atoms with Crippen molar-refractivity contribution in [3.8, 4) is 5.75 Å². The highest BCUT2D eigenvalue weighted by Crippen LogP contribution is 2.54. The van der Waals surface area contributed by atoms with Crippen LogP contribution in [-0.2, 0) is 0 Å². The summed E-state index contributed by atoms with van der Waals surface area (Å²) in [6, 6.07) is 9.57. The van der Waals surface area contributed by atoms with Crippen molar-refractivity contribution < 1.29 is 9.66 Å². The van der Waals surface area contributed by atoms with Crippen LogP contribution in [0.4, 0.5) is 11.4 Å². The summed E-state index contributed by atoms with van der Waals surface area (Å²) in [5.41, 5.74) is 5.03. The first-order valence-electron chi connectivity index (χ1n) is 8.87. The van der Waals surface area contributed by atoms with Crippen molar-refractivity contribution in [2.75, 3.05) is 12.4 Å². The number of benzene rings is 2. The molecule has 0 amide bonds. The van der Waals surface area contributed by atoms with Crippen LogP contribution in [0.15, 0.2) is 42.5 Å². The number of nitro groups is 1. The van der Waals surface area contributed by atoms with Gasteiger partial charge in [0.1, 0.15) is 11.4 Å². The quantitative estimate of drug-likeness (QED) is 0.478. The molecule has 1 N–H and O–H groups in total. The van der Waals surface area contributed by atoms with E-state index in [2.05, 4.69) is 24.4 Å². The maximum atomic E-state index is 11.7. The smallest absolute Gasteiger partial charge is 0.292 e. The molecule has 2 aromatic carbocycles. The third-order valence-electron chi connectivity index (χ3n) is 5.82. The highest BCUT2D eigenvalue weighted by Gasteiger charge is 2.42. The van der Waals surface area contributed by atoms with E-state index in [1.807, 2.05) is 31.2 Å². The van der Waals surface area contributed by atoms with Gasteiger partial charge in [0.2, 0.25) is 0 Å². The molecule has 0 bridgehead atoms. The summed E-state index contributed by atoms with van der Waals surface area (Å²) in [6.07, 6.45) is 5.35. The highest BCUT2D eigenvalue weighted by molar-refractivity contribution is 5.74. The lowest BCUT2D eigenvalue weighted by Gasteiger charge is -2.38. The van der Waals surface area contributed by atoms with Crippen LogP contribution < -0.4 is 10.1 Å². The molecule has 0 radical (unpaired) electrons. The molecule has 0 unspecified atom stereocenters. The number of rotatable bonds is 3. The normalized spacial score (nSPS) is 23.1. The van der Waals surface area contributed by atoms with Crippen molar-refractivity contribution >= 4 is 11.4 Å². The van der Waals surface area contributed by atoms with Crippen molar-refractivity contribution in [2.45, 2.75) is 32.2 Å². The van der Waals surface area contributed by atoms with Crippen LogP contribution in [0.3, 0.4) is 0 Å². The molecule has 2 aromatic rings. The van der Waals surface area contributed by atoms with Gasteiger partial charge in [-0.05, 0) is 48.9 Å². The van der Waals surface area contributed by atoms with Crippen LogP contribution in [0.2, 0.25) is 0 Å². The minimum absolute atomic E-state index is 0.0283. The van der Waals surface area contributed by atoms with Gasteiger partial charge in [0.15, 0.2) is 0 Å². The second-order valence-electron chi connectivity index (χ2n) is 7.10. The summed E-state index contributed by atoms with van der Waals surface area (Å²) in [6.45, 7) is 4.01. The van der Waals surface area contributed by atoms with Crippen LogP contribution in [0, 0.1) is 29.9 Å². The van der Waals surface area contributed by atoms with Gasteiger partial charge in [-0.1, -0.05) is 30.4 Å². The van der Waals surface area contributed by atoms with Gasteiger partial charge in [-0.15, -0.1) is 0 Å². The largest absolute Gasteiger partial charge is 0.496 e. The van der Waals surface area contributed by atoms with Crippen molar-refractivity contribution in [2.24, 2.45) is 5.92 Å². The molecule has 0 saturated carbocycles. The SMILES string of the molecule is COc1ccccc1[C@@H]1Nc2c([N+](=O)[O-])cc(C)c(C)c2[C@H]2C=CC[C@H]21. The molecular weight excluding hydrogens is 328 g/mol. The van der Waals surface area contributed by atoms with E-state index in [0.717, 1.165) is 34.4 Å². The maximum Gasteiger partial charge on any atom is 0.292 e. The Morgan fingerprint density at radius 3 is 2.77 bits per heavy atom. The summed E-state index contributed by atoms with van der Waals surface area (Å²) < 4.78 is 5.56. The Morgan fingerprint density at radius 2 is 2.04 bits per heavy atom. The maximum absolute atomic E-state index is 11.7. The van der Waals surface area contributed by atoms with E-state index in [-0.39, 0.29) is 22.6 Å². The van der Waals surface area contributed by atoms with E-state index in [9.17, 15) is 10.1 Å². The van der Waals surface area contributed by atoms with Crippen molar-refractivity contribution in [1.29, 1.82) is 0 Å². The second-order valence-corrected chi connectivity index (χ2v) is 7.10. The van der Waals surface area contributed by atoms with Crippen LogP contribution in [-0.4, -0.2) is 12.0 Å². The molecule has 2 aliphatic rings. The van der Waals surface area contributed by atoms with Crippen LogP contribution in [0.1, 0.15) is 40.6 Å². The van der Waals surface area contributed by atoms with Gasteiger partial charge in [0, 0.05) is 17.5 Å². The number of methoxy groups -OCH3 is 1. The first-order chi connectivity index (χ1) is 12.5. The monoisotopic (exact) mass is 350 g/mol. The van der Waals surface area contributed by atoms with Gasteiger partial charge < -0.3 is 10.1 Å². The Kier molecular flexibility index (Phi) is 3.94.